The molecule has 3 aromatic heterocycles. The minimum atomic E-state index is 0.700. The molecular weight excluding hydrogens is 272 g/mol. The molecule has 0 fully saturated rings. The zero-order valence-electron chi connectivity index (χ0n) is 11.0. The summed E-state index contributed by atoms with van der Waals surface area (Å²) in [5.41, 5.74) is 2.79. The van der Waals surface area contributed by atoms with Crippen LogP contribution in [0.1, 0.15) is 12.5 Å². The topological polar surface area (TPSA) is 79.4 Å². The van der Waals surface area contributed by atoms with Gasteiger partial charge in [0.05, 0.1) is 6.33 Å². The Balaban J connectivity index is 1.76. The first-order chi connectivity index (χ1) is 9.86. The standard InChI is InChI=1S/C13H14N6S/c1-2-14-10-5-9(3-4-15-10)6-20-13-11-12(17-7-16-11)18-8-19-13/h3-5,7-8H,2,6H2,1H3,(H,14,15)(H,16,17,18,19). The number of nitrogens with one attached hydrogen (secondary N) is 2. The third-order valence-electron chi connectivity index (χ3n) is 2.75. The number of aromatic nitrogens is 5. The molecule has 0 saturated carbocycles. The lowest BCUT2D eigenvalue weighted by Crippen LogP contribution is -1.99. The number of hydrogen-bond acceptors (Lipinski definition) is 6. The molecule has 0 unspecified atom stereocenters. The van der Waals surface area contributed by atoms with E-state index in [1.807, 2.05) is 12.3 Å². The second-order valence-corrected chi connectivity index (χ2v) is 5.11. The number of H-pyrrole nitrogens is 1. The van der Waals surface area contributed by atoms with Gasteiger partial charge in [-0.2, -0.15) is 0 Å². The molecule has 102 valence electrons. The number of aromatic amines is 1. The van der Waals surface area contributed by atoms with Crippen molar-refractivity contribution in [1.29, 1.82) is 0 Å². The Morgan fingerprint density at radius 1 is 1.25 bits per heavy atom. The average molecular weight is 286 g/mol. The van der Waals surface area contributed by atoms with E-state index in [0.29, 0.717) is 5.65 Å². The number of rotatable bonds is 5. The van der Waals surface area contributed by atoms with E-state index in [4.69, 9.17) is 0 Å². The van der Waals surface area contributed by atoms with E-state index in [2.05, 4.69) is 43.2 Å². The molecule has 0 spiro atoms. The van der Waals surface area contributed by atoms with E-state index in [-0.39, 0.29) is 0 Å². The number of anilines is 1. The Morgan fingerprint density at radius 3 is 3.10 bits per heavy atom. The van der Waals surface area contributed by atoms with Gasteiger partial charge in [0.25, 0.3) is 0 Å². The van der Waals surface area contributed by atoms with Crippen LogP contribution in [0.15, 0.2) is 36.0 Å². The predicted octanol–water partition coefficient (Wildman–Crippen LogP) is 2.47. The maximum Gasteiger partial charge on any atom is 0.181 e. The van der Waals surface area contributed by atoms with Gasteiger partial charge in [0.1, 0.15) is 22.7 Å². The number of hydrogen-bond donors (Lipinski definition) is 2. The van der Waals surface area contributed by atoms with Crippen molar-refractivity contribution in [2.45, 2.75) is 17.7 Å². The largest absolute Gasteiger partial charge is 0.370 e. The summed E-state index contributed by atoms with van der Waals surface area (Å²) in [6.07, 6.45) is 5.00. The smallest absolute Gasteiger partial charge is 0.181 e. The van der Waals surface area contributed by atoms with E-state index in [1.165, 1.54) is 5.56 Å². The molecule has 3 heterocycles. The molecule has 0 amide bonds. The second-order valence-electron chi connectivity index (χ2n) is 4.15. The number of nitrogens with zero attached hydrogens (tertiary/aromatic N) is 4. The highest BCUT2D eigenvalue weighted by Gasteiger charge is 2.07. The normalized spacial score (nSPS) is 10.8. The Labute approximate surface area is 120 Å². The maximum absolute atomic E-state index is 4.30. The van der Waals surface area contributed by atoms with Crippen LogP contribution < -0.4 is 5.32 Å². The Kier molecular flexibility index (Phi) is 3.78. The van der Waals surface area contributed by atoms with Gasteiger partial charge < -0.3 is 10.3 Å². The van der Waals surface area contributed by atoms with E-state index < -0.39 is 0 Å². The monoisotopic (exact) mass is 286 g/mol. The fourth-order valence-electron chi connectivity index (χ4n) is 1.85. The van der Waals surface area contributed by atoms with Crippen LogP contribution in [-0.2, 0) is 5.75 Å². The highest BCUT2D eigenvalue weighted by atomic mass is 32.2. The van der Waals surface area contributed by atoms with Crippen LogP contribution in [0.2, 0.25) is 0 Å². The second kappa shape index (κ2) is 5.87. The minimum Gasteiger partial charge on any atom is -0.370 e. The zero-order valence-corrected chi connectivity index (χ0v) is 11.8. The van der Waals surface area contributed by atoms with Gasteiger partial charge in [-0.05, 0) is 24.6 Å². The molecule has 0 bridgehead atoms. The van der Waals surface area contributed by atoms with Gasteiger partial charge in [-0.25, -0.2) is 19.9 Å². The lowest BCUT2D eigenvalue weighted by Gasteiger charge is -2.05. The zero-order chi connectivity index (χ0) is 13.8. The van der Waals surface area contributed by atoms with Crippen LogP contribution in [0.25, 0.3) is 11.2 Å². The van der Waals surface area contributed by atoms with Crippen LogP contribution in [0.4, 0.5) is 5.82 Å². The molecule has 0 aliphatic carbocycles. The van der Waals surface area contributed by atoms with Crippen LogP contribution in [-0.4, -0.2) is 31.5 Å². The van der Waals surface area contributed by atoms with Crippen molar-refractivity contribution in [3.63, 3.8) is 0 Å². The first-order valence-electron chi connectivity index (χ1n) is 6.32. The summed E-state index contributed by atoms with van der Waals surface area (Å²) in [5, 5.41) is 4.12. The van der Waals surface area contributed by atoms with E-state index in [1.54, 1.807) is 24.4 Å². The summed E-state index contributed by atoms with van der Waals surface area (Å²) in [6, 6.07) is 4.07. The fraction of sp³-hybridized carbons (Fsp3) is 0.231. The molecule has 20 heavy (non-hydrogen) atoms. The Hall–Kier alpha value is -2.15. The maximum atomic E-state index is 4.30. The predicted molar refractivity (Wildman–Crippen MR) is 79.6 cm³/mol. The van der Waals surface area contributed by atoms with Crippen LogP contribution in [0.3, 0.4) is 0 Å². The quantitative estimate of drug-likeness (QED) is 0.554. The van der Waals surface area contributed by atoms with Crippen molar-refractivity contribution in [3.05, 3.63) is 36.5 Å². The van der Waals surface area contributed by atoms with E-state index >= 15 is 0 Å². The fourth-order valence-corrected chi connectivity index (χ4v) is 2.75. The van der Waals surface area contributed by atoms with Crippen molar-refractivity contribution >= 4 is 28.7 Å². The molecule has 7 heteroatoms. The highest BCUT2D eigenvalue weighted by molar-refractivity contribution is 7.98. The Morgan fingerprint density at radius 2 is 2.20 bits per heavy atom. The minimum absolute atomic E-state index is 0.700. The van der Waals surface area contributed by atoms with E-state index in [9.17, 15) is 0 Å². The lowest BCUT2D eigenvalue weighted by molar-refractivity contribution is 1.08. The van der Waals surface area contributed by atoms with Gasteiger partial charge in [-0.1, -0.05) is 11.8 Å². The summed E-state index contributed by atoms with van der Waals surface area (Å²) in [4.78, 5) is 19.9. The molecule has 0 aliphatic heterocycles. The summed E-state index contributed by atoms with van der Waals surface area (Å²) in [6.45, 7) is 2.92. The molecular formula is C13H14N6S. The summed E-state index contributed by atoms with van der Waals surface area (Å²) in [5.74, 6) is 1.73. The molecule has 0 aromatic carbocycles. The van der Waals surface area contributed by atoms with Gasteiger partial charge in [0.2, 0.25) is 0 Å². The first kappa shape index (κ1) is 12.9. The third kappa shape index (κ3) is 2.72. The first-order valence-corrected chi connectivity index (χ1v) is 7.31. The van der Waals surface area contributed by atoms with E-state index in [0.717, 1.165) is 28.7 Å². The highest BCUT2D eigenvalue weighted by Crippen LogP contribution is 2.25. The van der Waals surface area contributed by atoms with Gasteiger partial charge in [-0.15, -0.1) is 0 Å². The lowest BCUT2D eigenvalue weighted by atomic mass is 10.3. The molecule has 0 atom stereocenters. The molecule has 3 aromatic rings. The van der Waals surface area contributed by atoms with Crippen LogP contribution in [0, 0.1) is 0 Å². The number of pyridine rings is 1. The van der Waals surface area contributed by atoms with Crippen LogP contribution in [0.5, 0.6) is 0 Å². The van der Waals surface area contributed by atoms with Crippen molar-refractivity contribution in [2.24, 2.45) is 0 Å². The van der Waals surface area contributed by atoms with Gasteiger partial charge >= 0.3 is 0 Å². The number of thioether (sulfide) groups is 1. The summed E-state index contributed by atoms with van der Waals surface area (Å²) in [7, 11) is 0. The average Bonchev–Trinajstić information content (AvgIpc) is 2.95. The molecule has 0 saturated heterocycles. The van der Waals surface area contributed by atoms with Crippen molar-refractivity contribution in [3.8, 4) is 0 Å². The number of imidazole rings is 1. The summed E-state index contributed by atoms with van der Waals surface area (Å²) >= 11 is 1.66. The third-order valence-corrected chi connectivity index (χ3v) is 3.81. The Bertz CT molecular complexity index is 711. The van der Waals surface area contributed by atoms with Gasteiger partial charge in [0.15, 0.2) is 5.65 Å². The summed E-state index contributed by atoms with van der Waals surface area (Å²) < 4.78 is 0. The van der Waals surface area contributed by atoms with Crippen molar-refractivity contribution in [1.82, 2.24) is 24.9 Å². The van der Waals surface area contributed by atoms with Crippen LogP contribution >= 0.6 is 11.8 Å². The SMILES string of the molecule is CCNc1cc(CSc2ncnc3nc[nH]c23)ccn1. The van der Waals surface area contributed by atoms with Gasteiger partial charge in [0, 0.05) is 18.5 Å². The molecule has 3 rings (SSSR count). The molecule has 2 N–H and O–H groups in total. The number of fused-ring (bicyclic) bond motifs is 1. The molecule has 6 nitrogen and oxygen atoms in total. The molecule has 0 radical (unpaired) electrons. The van der Waals surface area contributed by atoms with Crippen molar-refractivity contribution in [2.75, 3.05) is 11.9 Å². The molecule has 0 aliphatic rings. The van der Waals surface area contributed by atoms with Crippen molar-refractivity contribution < 1.29 is 0 Å². The van der Waals surface area contributed by atoms with Gasteiger partial charge in [-0.3, -0.25) is 0 Å².